The first kappa shape index (κ1) is 18.1. The highest BCUT2D eigenvalue weighted by atomic mass is 32.2. The maximum atomic E-state index is 12.7. The van der Waals surface area contributed by atoms with Crippen molar-refractivity contribution in [2.75, 3.05) is 19.6 Å². The molecule has 0 radical (unpaired) electrons. The zero-order chi connectivity index (χ0) is 16.0. The smallest absolute Gasteiger partial charge is 0.243 e. The van der Waals surface area contributed by atoms with Crippen LogP contribution in [0, 0.1) is 5.92 Å². The summed E-state index contributed by atoms with van der Waals surface area (Å²) in [5.41, 5.74) is 0.999. The summed E-state index contributed by atoms with van der Waals surface area (Å²) in [7, 11) is -3.41. The van der Waals surface area contributed by atoms with Crippen LogP contribution in [0.15, 0.2) is 29.2 Å². The van der Waals surface area contributed by atoms with Crippen LogP contribution < -0.4 is 5.32 Å². The van der Waals surface area contributed by atoms with Crippen molar-refractivity contribution in [2.24, 2.45) is 5.92 Å². The summed E-state index contributed by atoms with van der Waals surface area (Å²) in [6.45, 7) is 11.9. The predicted molar refractivity (Wildman–Crippen MR) is 87.8 cm³/mol. The molecular weight excluding hydrogens is 284 g/mol. The van der Waals surface area contributed by atoms with Crippen LogP contribution in [0.5, 0.6) is 0 Å². The quantitative estimate of drug-likeness (QED) is 0.803. The van der Waals surface area contributed by atoms with E-state index in [1.54, 1.807) is 16.4 Å². The van der Waals surface area contributed by atoms with E-state index in [9.17, 15) is 8.42 Å². The van der Waals surface area contributed by atoms with Crippen LogP contribution >= 0.6 is 0 Å². The van der Waals surface area contributed by atoms with Gasteiger partial charge in [0.1, 0.15) is 0 Å². The van der Waals surface area contributed by atoms with E-state index in [1.807, 2.05) is 46.8 Å². The predicted octanol–water partition coefficient (Wildman–Crippen LogP) is 3.02. The molecule has 1 N–H and O–H groups in total. The van der Waals surface area contributed by atoms with Crippen LogP contribution in [0.25, 0.3) is 0 Å². The van der Waals surface area contributed by atoms with E-state index in [-0.39, 0.29) is 6.04 Å². The summed E-state index contributed by atoms with van der Waals surface area (Å²) in [4.78, 5) is 0.382. The zero-order valence-corrected chi connectivity index (χ0v) is 14.6. The van der Waals surface area contributed by atoms with Crippen LogP contribution in [-0.4, -0.2) is 32.4 Å². The van der Waals surface area contributed by atoms with Gasteiger partial charge in [-0.05, 0) is 37.1 Å². The zero-order valence-electron chi connectivity index (χ0n) is 13.8. The molecule has 0 fully saturated rings. The van der Waals surface area contributed by atoms with Gasteiger partial charge in [0.15, 0.2) is 0 Å². The summed E-state index contributed by atoms with van der Waals surface area (Å²) < 4.78 is 27.0. The number of hydrogen-bond acceptors (Lipinski definition) is 3. The van der Waals surface area contributed by atoms with Crippen molar-refractivity contribution < 1.29 is 8.42 Å². The fourth-order valence-electron chi connectivity index (χ4n) is 2.32. The fraction of sp³-hybridized carbons (Fsp3) is 0.625. The third-order valence-corrected chi connectivity index (χ3v) is 5.36. The number of sulfonamides is 1. The molecule has 1 rings (SSSR count). The molecule has 0 bridgehead atoms. The standard InChI is InChI=1S/C16H28N2O2S/c1-6-17-14(5)15-9-8-10-16(11-15)21(19,20)18(7-2)12-13(3)4/h8-11,13-14,17H,6-7,12H2,1-5H3. The highest BCUT2D eigenvalue weighted by Gasteiger charge is 2.24. The Morgan fingerprint density at radius 3 is 2.38 bits per heavy atom. The molecule has 0 aliphatic carbocycles. The molecule has 0 amide bonds. The second-order valence-electron chi connectivity index (χ2n) is 5.70. The summed E-state index contributed by atoms with van der Waals surface area (Å²) in [6.07, 6.45) is 0. The van der Waals surface area contributed by atoms with Gasteiger partial charge in [0, 0.05) is 19.1 Å². The van der Waals surface area contributed by atoms with Crippen LogP contribution in [-0.2, 0) is 10.0 Å². The van der Waals surface area contributed by atoms with E-state index in [1.165, 1.54) is 0 Å². The van der Waals surface area contributed by atoms with Crippen molar-refractivity contribution in [2.45, 2.75) is 45.6 Å². The van der Waals surface area contributed by atoms with Crippen LogP contribution in [0.4, 0.5) is 0 Å². The minimum atomic E-state index is -3.41. The maximum absolute atomic E-state index is 12.7. The Bertz CT molecular complexity index is 541. The maximum Gasteiger partial charge on any atom is 0.243 e. The SMILES string of the molecule is CCNC(C)c1cccc(S(=O)(=O)N(CC)CC(C)C)c1. The van der Waals surface area contributed by atoms with Gasteiger partial charge in [-0.1, -0.05) is 39.8 Å². The minimum Gasteiger partial charge on any atom is -0.310 e. The normalized spacial score (nSPS) is 13.9. The molecule has 21 heavy (non-hydrogen) atoms. The van der Waals surface area contributed by atoms with E-state index in [0.717, 1.165) is 12.1 Å². The summed E-state index contributed by atoms with van der Waals surface area (Å²) in [6, 6.07) is 7.39. The van der Waals surface area contributed by atoms with Crippen LogP contribution in [0.3, 0.4) is 0 Å². The highest BCUT2D eigenvalue weighted by Crippen LogP contribution is 2.21. The van der Waals surface area contributed by atoms with E-state index in [2.05, 4.69) is 5.32 Å². The van der Waals surface area contributed by atoms with Gasteiger partial charge in [-0.2, -0.15) is 4.31 Å². The molecule has 1 aromatic carbocycles. The number of rotatable bonds is 8. The molecule has 0 aliphatic heterocycles. The van der Waals surface area contributed by atoms with Crippen molar-refractivity contribution in [1.29, 1.82) is 0 Å². The van der Waals surface area contributed by atoms with Crippen molar-refractivity contribution in [1.82, 2.24) is 9.62 Å². The van der Waals surface area contributed by atoms with E-state index < -0.39 is 10.0 Å². The molecular formula is C16H28N2O2S. The Kier molecular flexibility index (Phi) is 6.84. The molecule has 0 saturated carbocycles. The molecule has 4 nitrogen and oxygen atoms in total. The monoisotopic (exact) mass is 312 g/mol. The van der Waals surface area contributed by atoms with Gasteiger partial charge in [-0.15, -0.1) is 0 Å². The van der Waals surface area contributed by atoms with Crippen molar-refractivity contribution in [3.05, 3.63) is 29.8 Å². The van der Waals surface area contributed by atoms with Crippen molar-refractivity contribution in [3.63, 3.8) is 0 Å². The topological polar surface area (TPSA) is 49.4 Å². The number of nitrogens with one attached hydrogen (secondary N) is 1. The lowest BCUT2D eigenvalue weighted by molar-refractivity contribution is 0.381. The lowest BCUT2D eigenvalue weighted by atomic mass is 10.1. The Morgan fingerprint density at radius 2 is 1.86 bits per heavy atom. The van der Waals surface area contributed by atoms with Crippen molar-refractivity contribution >= 4 is 10.0 Å². The van der Waals surface area contributed by atoms with Gasteiger partial charge in [-0.25, -0.2) is 8.42 Å². The molecule has 0 spiro atoms. The van der Waals surface area contributed by atoms with Crippen molar-refractivity contribution in [3.8, 4) is 0 Å². The second-order valence-corrected chi connectivity index (χ2v) is 7.64. The number of nitrogens with zero attached hydrogens (tertiary/aromatic N) is 1. The molecule has 1 atom stereocenters. The molecule has 0 aromatic heterocycles. The molecule has 0 aliphatic rings. The van der Waals surface area contributed by atoms with Gasteiger partial charge in [0.2, 0.25) is 10.0 Å². The molecule has 5 heteroatoms. The average molecular weight is 312 g/mol. The Hall–Kier alpha value is -0.910. The Morgan fingerprint density at radius 1 is 1.19 bits per heavy atom. The van der Waals surface area contributed by atoms with Gasteiger partial charge in [0.25, 0.3) is 0 Å². The first-order valence-electron chi connectivity index (χ1n) is 7.66. The number of benzene rings is 1. The van der Waals surface area contributed by atoms with Crippen LogP contribution in [0.1, 0.15) is 46.2 Å². The first-order valence-corrected chi connectivity index (χ1v) is 9.10. The molecule has 0 heterocycles. The summed E-state index contributed by atoms with van der Waals surface area (Å²) >= 11 is 0. The summed E-state index contributed by atoms with van der Waals surface area (Å²) in [5, 5.41) is 3.31. The lowest BCUT2D eigenvalue weighted by Gasteiger charge is -2.23. The highest BCUT2D eigenvalue weighted by molar-refractivity contribution is 7.89. The molecule has 1 unspecified atom stereocenters. The Labute approximate surface area is 129 Å². The molecule has 120 valence electrons. The van der Waals surface area contributed by atoms with Gasteiger partial charge in [0.05, 0.1) is 4.90 Å². The Balaban J connectivity index is 3.10. The average Bonchev–Trinajstić information content (AvgIpc) is 2.44. The molecule has 1 aromatic rings. The number of hydrogen-bond donors (Lipinski definition) is 1. The third-order valence-electron chi connectivity index (χ3n) is 3.43. The third kappa shape index (κ3) is 4.80. The van der Waals surface area contributed by atoms with Gasteiger partial charge in [-0.3, -0.25) is 0 Å². The fourth-order valence-corrected chi connectivity index (χ4v) is 3.99. The van der Waals surface area contributed by atoms with E-state index in [4.69, 9.17) is 0 Å². The van der Waals surface area contributed by atoms with Gasteiger partial charge >= 0.3 is 0 Å². The second kappa shape index (κ2) is 7.92. The van der Waals surface area contributed by atoms with Crippen LogP contribution in [0.2, 0.25) is 0 Å². The molecule has 0 saturated heterocycles. The first-order chi connectivity index (χ1) is 9.82. The van der Waals surface area contributed by atoms with E-state index >= 15 is 0 Å². The summed E-state index contributed by atoms with van der Waals surface area (Å²) in [5.74, 6) is 0.309. The van der Waals surface area contributed by atoms with Gasteiger partial charge < -0.3 is 5.32 Å². The lowest BCUT2D eigenvalue weighted by Crippen LogP contribution is -2.34. The van der Waals surface area contributed by atoms with E-state index in [0.29, 0.717) is 23.9 Å². The minimum absolute atomic E-state index is 0.144. The largest absolute Gasteiger partial charge is 0.310 e.